The van der Waals surface area contributed by atoms with Crippen molar-refractivity contribution in [2.24, 2.45) is 0 Å². The van der Waals surface area contributed by atoms with E-state index >= 15 is 0 Å². The number of hydrogen-bond acceptors (Lipinski definition) is 4. The first-order chi connectivity index (χ1) is 10.3. The molecule has 1 aromatic carbocycles. The third kappa shape index (κ3) is 2.18. The van der Waals surface area contributed by atoms with Crippen LogP contribution in [0.1, 0.15) is 40.0 Å². The van der Waals surface area contributed by atoms with Crippen molar-refractivity contribution in [1.82, 2.24) is 0 Å². The highest BCUT2D eigenvalue weighted by molar-refractivity contribution is 8.42. The summed E-state index contributed by atoms with van der Waals surface area (Å²) in [6, 6.07) is 7.25. The number of Topliss-reactive ketones (excluding diaryl/α,β-unsaturated/α-hetero) is 2. The third-order valence-corrected chi connectivity index (χ3v) is 7.47. The number of rotatable bonds is 0. The Morgan fingerprint density at radius 1 is 0.857 bits per heavy atom. The lowest BCUT2D eigenvalue weighted by molar-refractivity contribution is -0.532. The maximum atomic E-state index is 12.7. The molecule has 5 heteroatoms. The van der Waals surface area contributed by atoms with E-state index in [4.69, 9.17) is 0 Å². The Hall–Kier alpha value is -1.07. The molecule has 3 nitrogen and oxygen atoms in total. The molecule has 2 heterocycles. The fraction of sp³-hybridized carbons (Fsp3) is 0.438. The maximum absolute atomic E-state index is 12.7. The van der Waals surface area contributed by atoms with Gasteiger partial charge in [-0.3, -0.25) is 9.59 Å². The van der Waals surface area contributed by atoms with Gasteiger partial charge < -0.3 is 0 Å². The molecule has 0 spiro atoms. The number of thioether (sulfide) groups is 2. The lowest BCUT2D eigenvalue weighted by Crippen LogP contribution is -2.38. The molecular weight excluding hydrogens is 302 g/mol. The summed E-state index contributed by atoms with van der Waals surface area (Å²) in [4.78, 5) is 25.3. The van der Waals surface area contributed by atoms with Crippen LogP contribution >= 0.6 is 23.5 Å². The quantitative estimate of drug-likeness (QED) is 0.689. The second-order valence-electron chi connectivity index (χ2n) is 5.66. The van der Waals surface area contributed by atoms with Gasteiger partial charge in [-0.2, -0.15) is 0 Å². The Morgan fingerprint density at radius 2 is 1.38 bits per heavy atom. The third-order valence-electron chi connectivity index (χ3n) is 4.32. The molecule has 0 bridgehead atoms. The summed E-state index contributed by atoms with van der Waals surface area (Å²) in [5, 5.41) is -0.455. The number of carbonyl (C=O) groups excluding carboxylic acids is 2. The SMILES string of the molecule is O=C1c2ccccc2C(=O)C2SC(=[N+]3CCCCC3)SC12. The van der Waals surface area contributed by atoms with E-state index in [0.29, 0.717) is 11.1 Å². The summed E-state index contributed by atoms with van der Waals surface area (Å²) in [7, 11) is 0. The zero-order valence-electron chi connectivity index (χ0n) is 11.6. The number of carbonyl (C=O) groups is 2. The Balaban J connectivity index is 1.71. The average Bonchev–Trinajstić information content (AvgIpc) is 2.99. The summed E-state index contributed by atoms with van der Waals surface area (Å²) in [6.07, 6.45) is 3.71. The molecule has 4 rings (SSSR count). The predicted octanol–water partition coefficient (Wildman–Crippen LogP) is 2.84. The molecule has 3 aliphatic rings. The maximum Gasteiger partial charge on any atom is 0.271 e. The van der Waals surface area contributed by atoms with Crippen molar-refractivity contribution >= 4 is 39.5 Å². The minimum atomic E-state index is -0.227. The van der Waals surface area contributed by atoms with Crippen LogP contribution < -0.4 is 0 Å². The van der Waals surface area contributed by atoms with Crippen LogP contribution in [0.4, 0.5) is 0 Å². The molecule has 2 fully saturated rings. The van der Waals surface area contributed by atoms with Crippen molar-refractivity contribution in [3.63, 3.8) is 0 Å². The number of piperidine rings is 1. The van der Waals surface area contributed by atoms with Gasteiger partial charge in [-0.1, -0.05) is 24.3 Å². The molecule has 108 valence electrons. The van der Waals surface area contributed by atoms with Crippen molar-refractivity contribution in [2.45, 2.75) is 29.8 Å². The lowest BCUT2D eigenvalue weighted by atomic mass is 9.89. The summed E-state index contributed by atoms with van der Waals surface area (Å²) >= 11 is 3.22. The van der Waals surface area contributed by atoms with Crippen molar-refractivity contribution in [3.05, 3.63) is 35.4 Å². The van der Waals surface area contributed by atoms with E-state index in [9.17, 15) is 9.59 Å². The first-order valence-electron chi connectivity index (χ1n) is 7.38. The Labute approximate surface area is 132 Å². The Bertz CT molecular complexity index is 615. The first kappa shape index (κ1) is 13.6. The molecule has 2 aliphatic heterocycles. The van der Waals surface area contributed by atoms with Crippen LogP contribution in [0, 0.1) is 0 Å². The lowest BCUT2D eigenvalue weighted by Gasteiger charge is -2.22. The van der Waals surface area contributed by atoms with E-state index in [1.807, 2.05) is 12.1 Å². The molecule has 21 heavy (non-hydrogen) atoms. The minimum Gasteiger partial charge on any atom is -0.293 e. The van der Waals surface area contributed by atoms with Crippen molar-refractivity contribution in [1.29, 1.82) is 0 Å². The molecule has 0 N–H and O–H groups in total. The van der Waals surface area contributed by atoms with Crippen LogP contribution in [-0.2, 0) is 0 Å². The van der Waals surface area contributed by atoms with Crippen molar-refractivity contribution in [3.8, 4) is 0 Å². The molecule has 0 aromatic heterocycles. The average molecular weight is 318 g/mol. The monoisotopic (exact) mass is 318 g/mol. The number of benzene rings is 1. The van der Waals surface area contributed by atoms with Crippen molar-refractivity contribution < 1.29 is 14.2 Å². The second-order valence-corrected chi connectivity index (χ2v) is 8.18. The summed E-state index contributed by atoms with van der Waals surface area (Å²) in [5.74, 6) is 0.249. The molecule has 2 unspecified atom stereocenters. The van der Waals surface area contributed by atoms with Gasteiger partial charge in [0.1, 0.15) is 13.1 Å². The predicted molar refractivity (Wildman–Crippen MR) is 86.7 cm³/mol. The highest BCUT2D eigenvalue weighted by Crippen LogP contribution is 2.45. The summed E-state index contributed by atoms with van der Waals surface area (Å²) in [5.41, 5.74) is 1.22. The molecular formula is C16H16NO2S2+. The highest BCUT2D eigenvalue weighted by atomic mass is 32.2. The topological polar surface area (TPSA) is 37.1 Å². The largest absolute Gasteiger partial charge is 0.293 e. The van der Waals surface area contributed by atoms with Gasteiger partial charge in [0, 0.05) is 24.0 Å². The summed E-state index contributed by atoms with van der Waals surface area (Å²) < 4.78 is 3.54. The van der Waals surface area contributed by atoms with E-state index in [1.165, 1.54) is 23.6 Å². The van der Waals surface area contributed by atoms with Gasteiger partial charge in [0.05, 0.1) is 10.5 Å². The molecule has 2 atom stereocenters. The Kier molecular flexibility index (Phi) is 3.42. The van der Waals surface area contributed by atoms with Crippen LogP contribution in [0.25, 0.3) is 0 Å². The van der Waals surface area contributed by atoms with Crippen LogP contribution in [0.5, 0.6) is 0 Å². The molecule has 2 saturated heterocycles. The zero-order valence-corrected chi connectivity index (χ0v) is 13.2. The van der Waals surface area contributed by atoms with Gasteiger partial charge in [-0.25, -0.2) is 4.58 Å². The minimum absolute atomic E-state index is 0.125. The smallest absolute Gasteiger partial charge is 0.271 e. The van der Waals surface area contributed by atoms with Gasteiger partial charge in [0.25, 0.3) is 4.38 Å². The molecule has 0 saturated carbocycles. The fourth-order valence-corrected chi connectivity index (χ4v) is 6.43. The second kappa shape index (κ2) is 5.29. The number of ketones is 2. The van der Waals surface area contributed by atoms with Gasteiger partial charge in [0.15, 0.2) is 11.6 Å². The number of hydrogen-bond donors (Lipinski definition) is 0. The summed E-state index contributed by atoms with van der Waals surface area (Å²) in [6.45, 7) is 2.12. The highest BCUT2D eigenvalue weighted by Gasteiger charge is 2.50. The number of fused-ring (bicyclic) bond motifs is 2. The standard InChI is InChI=1S/C16H16NO2S2/c18-12-10-6-2-3-7-11(10)13(19)15-14(12)20-16(21-15)17-8-4-1-5-9-17/h2-3,6-7,14-15H,1,4-5,8-9H2/q+1. The molecule has 0 amide bonds. The Morgan fingerprint density at radius 3 is 1.90 bits per heavy atom. The van der Waals surface area contributed by atoms with Crippen LogP contribution in [0.15, 0.2) is 24.3 Å². The van der Waals surface area contributed by atoms with E-state index in [2.05, 4.69) is 4.58 Å². The van der Waals surface area contributed by atoms with E-state index in [-0.39, 0.29) is 22.1 Å². The normalized spacial score (nSPS) is 28.6. The van der Waals surface area contributed by atoms with Crippen LogP contribution in [-0.4, -0.2) is 44.1 Å². The fourth-order valence-electron chi connectivity index (χ4n) is 3.20. The van der Waals surface area contributed by atoms with E-state index < -0.39 is 0 Å². The molecule has 1 aromatic rings. The van der Waals surface area contributed by atoms with Gasteiger partial charge in [0.2, 0.25) is 0 Å². The van der Waals surface area contributed by atoms with Crippen LogP contribution in [0.2, 0.25) is 0 Å². The number of nitrogens with zero attached hydrogens (tertiary/aromatic N) is 1. The van der Waals surface area contributed by atoms with E-state index in [1.54, 1.807) is 35.7 Å². The first-order valence-corrected chi connectivity index (χ1v) is 9.14. The zero-order chi connectivity index (χ0) is 14.4. The van der Waals surface area contributed by atoms with Crippen LogP contribution in [0.3, 0.4) is 0 Å². The van der Waals surface area contributed by atoms with Gasteiger partial charge >= 0.3 is 0 Å². The van der Waals surface area contributed by atoms with Gasteiger partial charge in [-0.15, -0.1) is 0 Å². The van der Waals surface area contributed by atoms with E-state index in [0.717, 1.165) is 13.1 Å². The molecule has 0 radical (unpaired) electrons. The van der Waals surface area contributed by atoms with Crippen molar-refractivity contribution in [2.75, 3.05) is 13.1 Å². The van der Waals surface area contributed by atoms with Gasteiger partial charge in [-0.05, 0) is 29.9 Å². The molecule has 1 aliphatic carbocycles.